The van der Waals surface area contributed by atoms with Crippen LogP contribution in [0.5, 0.6) is 0 Å². The maximum absolute atomic E-state index is 13.0. The summed E-state index contributed by atoms with van der Waals surface area (Å²) in [6.45, 7) is 2.09. The molecule has 27 heavy (non-hydrogen) atoms. The Kier molecular flexibility index (Phi) is 6.29. The van der Waals surface area contributed by atoms with Crippen LogP contribution in [0.25, 0.3) is 10.2 Å². The van der Waals surface area contributed by atoms with Crippen LogP contribution in [0.2, 0.25) is 0 Å². The zero-order chi connectivity index (χ0) is 19.2. The molecule has 1 amide bonds. The van der Waals surface area contributed by atoms with Gasteiger partial charge in [0.05, 0.1) is 16.3 Å². The van der Waals surface area contributed by atoms with Crippen molar-refractivity contribution in [2.24, 2.45) is 0 Å². The molecule has 0 spiro atoms. The molecule has 1 aromatic heterocycles. The highest BCUT2D eigenvalue weighted by atomic mass is 32.1. The van der Waals surface area contributed by atoms with Gasteiger partial charge in [0.15, 0.2) is 10.8 Å². The third kappa shape index (κ3) is 4.77. The molecule has 1 atom stereocenters. The number of nitrogens with zero attached hydrogens (tertiary/aromatic N) is 1. The average molecular weight is 382 g/mol. The SMILES string of the molecule is CCCCC[C@H](NC(=O)C1=CC=CC(=O)C1)C(=O)c1nc2ccccc2s1. The van der Waals surface area contributed by atoms with E-state index in [1.165, 1.54) is 17.4 Å². The number of amides is 1. The van der Waals surface area contributed by atoms with Crippen LogP contribution in [0.1, 0.15) is 48.8 Å². The lowest BCUT2D eigenvalue weighted by Crippen LogP contribution is -2.42. The first-order valence-corrected chi connectivity index (χ1v) is 10.0. The number of hydrogen-bond acceptors (Lipinski definition) is 5. The number of rotatable bonds is 8. The minimum absolute atomic E-state index is 0.0688. The molecule has 5 nitrogen and oxygen atoms in total. The molecule has 1 aliphatic carbocycles. The van der Waals surface area contributed by atoms with E-state index in [9.17, 15) is 14.4 Å². The summed E-state index contributed by atoms with van der Waals surface area (Å²) in [6, 6.07) is 6.97. The van der Waals surface area contributed by atoms with E-state index < -0.39 is 6.04 Å². The fourth-order valence-corrected chi connectivity index (χ4v) is 3.94. The molecular formula is C21H22N2O3S. The van der Waals surface area contributed by atoms with Gasteiger partial charge >= 0.3 is 0 Å². The third-order valence-electron chi connectivity index (χ3n) is 4.46. The van der Waals surface area contributed by atoms with Gasteiger partial charge in [-0.1, -0.05) is 50.5 Å². The van der Waals surface area contributed by atoms with Crippen molar-refractivity contribution in [3.8, 4) is 0 Å². The third-order valence-corrected chi connectivity index (χ3v) is 5.51. The van der Waals surface area contributed by atoms with E-state index in [1.807, 2.05) is 24.3 Å². The molecule has 1 aliphatic rings. The second kappa shape index (κ2) is 8.86. The number of aromatic nitrogens is 1. The molecule has 2 aromatic rings. The van der Waals surface area contributed by atoms with Crippen molar-refractivity contribution < 1.29 is 14.4 Å². The number of thiazole rings is 1. The monoisotopic (exact) mass is 382 g/mol. The lowest BCUT2D eigenvalue weighted by Gasteiger charge is -2.18. The van der Waals surface area contributed by atoms with Gasteiger partial charge < -0.3 is 5.32 Å². The Morgan fingerprint density at radius 1 is 1.26 bits per heavy atom. The number of para-hydroxylation sites is 1. The van der Waals surface area contributed by atoms with E-state index in [2.05, 4.69) is 17.2 Å². The summed E-state index contributed by atoms with van der Waals surface area (Å²) in [5.41, 5.74) is 1.18. The number of hydrogen-bond donors (Lipinski definition) is 1. The number of unbranched alkanes of at least 4 members (excludes halogenated alkanes) is 2. The minimum Gasteiger partial charge on any atom is -0.342 e. The number of ketones is 2. The van der Waals surface area contributed by atoms with Crippen molar-refractivity contribution in [3.05, 3.63) is 53.1 Å². The second-order valence-electron chi connectivity index (χ2n) is 6.57. The highest BCUT2D eigenvalue weighted by Crippen LogP contribution is 2.23. The van der Waals surface area contributed by atoms with Crippen molar-refractivity contribution in [2.45, 2.75) is 45.1 Å². The maximum atomic E-state index is 13.0. The van der Waals surface area contributed by atoms with E-state index in [1.54, 1.807) is 12.2 Å². The Hall–Kier alpha value is -2.60. The normalized spacial score (nSPS) is 14.9. The lowest BCUT2D eigenvalue weighted by atomic mass is 10.0. The number of benzene rings is 1. The van der Waals surface area contributed by atoms with Crippen molar-refractivity contribution >= 4 is 39.0 Å². The Morgan fingerprint density at radius 3 is 2.81 bits per heavy atom. The van der Waals surface area contributed by atoms with Crippen molar-refractivity contribution in [3.63, 3.8) is 0 Å². The van der Waals surface area contributed by atoms with Crippen LogP contribution in [0.3, 0.4) is 0 Å². The molecule has 140 valence electrons. The van der Waals surface area contributed by atoms with Crippen LogP contribution < -0.4 is 5.32 Å². The number of Topliss-reactive ketones (excluding diaryl/α,β-unsaturated/α-hetero) is 1. The average Bonchev–Trinajstić information content (AvgIpc) is 3.11. The van der Waals surface area contributed by atoms with E-state index in [0.29, 0.717) is 17.0 Å². The molecule has 6 heteroatoms. The number of fused-ring (bicyclic) bond motifs is 1. The van der Waals surface area contributed by atoms with Gasteiger partial charge in [-0.05, 0) is 24.6 Å². The molecule has 0 aliphatic heterocycles. The second-order valence-corrected chi connectivity index (χ2v) is 7.60. The smallest absolute Gasteiger partial charge is 0.248 e. The standard InChI is InChI=1S/C21H22N2O3S/c1-2-3-4-11-17(22-20(26)14-8-7-9-15(24)13-14)19(25)21-23-16-10-5-6-12-18(16)27-21/h5-10,12,17H,2-4,11,13H2,1H3,(H,22,26)/t17-/m0/s1. The molecule has 0 saturated carbocycles. The van der Waals surface area contributed by atoms with Crippen molar-refractivity contribution in [1.82, 2.24) is 10.3 Å². The highest BCUT2D eigenvalue weighted by Gasteiger charge is 2.26. The molecular weight excluding hydrogens is 360 g/mol. The highest BCUT2D eigenvalue weighted by molar-refractivity contribution is 7.20. The van der Waals surface area contributed by atoms with Crippen LogP contribution in [-0.4, -0.2) is 28.5 Å². The number of nitrogens with one attached hydrogen (secondary N) is 1. The van der Waals surface area contributed by atoms with Crippen LogP contribution >= 0.6 is 11.3 Å². The van der Waals surface area contributed by atoms with Gasteiger partial charge in [0.1, 0.15) is 0 Å². The zero-order valence-electron chi connectivity index (χ0n) is 15.2. The zero-order valence-corrected chi connectivity index (χ0v) is 16.1. The predicted molar refractivity (Wildman–Crippen MR) is 107 cm³/mol. The predicted octanol–water partition coefficient (Wildman–Crippen LogP) is 4.00. The van der Waals surface area contributed by atoms with E-state index in [-0.39, 0.29) is 23.9 Å². The number of allylic oxidation sites excluding steroid dienone is 3. The summed E-state index contributed by atoms with van der Waals surface area (Å²) < 4.78 is 0.949. The first-order chi connectivity index (χ1) is 13.1. The molecule has 1 N–H and O–H groups in total. The lowest BCUT2D eigenvalue weighted by molar-refractivity contribution is -0.120. The quantitative estimate of drug-likeness (QED) is 0.553. The largest absolute Gasteiger partial charge is 0.342 e. The Bertz CT molecular complexity index is 893. The van der Waals surface area contributed by atoms with Crippen LogP contribution in [0.4, 0.5) is 0 Å². The van der Waals surface area contributed by atoms with Gasteiger partial charge in [-0.2, -0.15) is 0 Å². The molecule has 1 aromatic carbocycles. The fraction of sp³-hybridized carbons (Fsp3) is 0.333. The minimum atomic E-state index is -0.633. The van der Waals surface area contributed by atoms with Gasteiger partial charge in [-0.3, -0.25) is 14.4 Å². The molecule has 3 rings (SSSR count). The van der Waals surface area contributed by atoms with E-state index in [0.717, 1.165) is 29.5 Å². The molecule has 0 radical (unpaired) electrons. The van der Waals surface area contributed by atoms with Gasteiger partial charge in [-0.15, -0.1) is 11.3 Å². The summed E-state index contributed by atoms with van der Waals surface area (Å²) >= 11 is 1.34. The molecule has 0 bridgehead atoms. The van der Waals surface area contributed by atoms with Gasteiger partial charge in [0.2, 0.25) is 11.7 Å². The fourth-order valence-electron chi connectivity index (χ4n) is 2.98. The van der Waals surface area contributed by atoms with Crippen molar-refractivity contribution in [2.75, 3.05) is 0 Å². The van der Waals surface area contributed by atoms with Gasteiger partial charge in [0.25, 0.3) is 0 Å². The summed E-state index contributed by atoms with van der Waals surface area (Å²) in [7, 11) is 0. The Labute approximate surface area is 162 Å². The maximum Gasteiger partial charge on any atom is 0.248 e. The van der Waals surface area contributed by atoms with Crippen molar-refractivity contribution in [1.29, 1.82) is 0 Å². The Balaban J connectivity index is 1.78. The molecule has 0 fully saturated rings. The summed E-state index contributed by atoms with van der Waals surface area (Å²) in [5.74, 6) is -0.634. The molecule has 0 saturated heterocycles. The molecule has 0 unspecified atom stereocenters. The van der Waals surface area contributed by atoms with Crippen LogP contribution in [0, 0.1) is 0 Å². The van der Waals surface area contributed by atoms with E-state index in [4.69, 9.17) is 0 Å². The number of carbonyl (C=O) groups excluding carboxylic acids is 3. The van der Waals surface area contributed by atoms with E-state index >= 15 is 0 Å². The van der Waals surface area contributed by atoms with Gasteiger partial charge in [-0.25, -0.2) is 4.98 Å². The summed E-state index contributed by atoms with van der Waals surface area (Å²) in [5, 5.41) is 3.24. The summed E-state index contributed by atoms with van der Waals surface area (Å²) in [6.07, 6.45) is 8.14. The number of carbonyl (C=O) groups is 3. The van der Waals surface area contributed by atoms with Gasteiger partial charge in [0, 0.05) is 12.0 Å². The first-order valence-electron chi connectivity index (χ1n) is 9.19. The van der Waals surface area contributed by atoms with Crippen LogP contribution in [-0.2, 0) is 9.59 Å². The van der Waals surface area contributed by atoms with Crippen LogP contribution in [0.15, 0.2) is 48.1 Å². The Morgan fingerprint density at radius 2 is 2.07 bits per heavy atom. The first kappa shape index (κ1) is 19.2. The topological polar surface area (TPSA) is 76.1 Å². The summed E-state index contributed by atoms with van der Waals surface area (Å²) in [4.78, 5) is 41.6. The molecule has 1 heterocycles.